The molecule has 0 unspecified atom stereocenters. The highest BCUT2D eigenvalue weighted by atomic mass is 15.5. The first-order chi connectivity index (χ1) is 7.24. The fourth-order valence-electron chi connectivity index (χ4n) is 1.59. The summed E-state index contributed by atoms with van der Waals surface area (Å²) in [4.78, 5) is 6.52. The summed E-state index contributed by atoms with van der Waals surface area (Å²) in [7, 11) is 2.14. The molecule has 0 spiro atoms. The van der Waals surface area contributed by atoms with E-state index < -0.39 is 0 Å². The molecule has 1 saturated heterocycles. The van der Waals surface area contributed by atoms with E-state index in [2.05, 4.69) is 27.4 Å². The van der Waals surface area contributed by atoms with Crippen LogP contribution in [0.5, 0.6) is 0 Å². The Morgan fingerprint density at radius 2 is 2.07 bits per heavy atom. The van der Waals surface area contributed by atoms with Gasteiger partial charge in [0.15, 0.2) is 0 Å². The molecule has 0 amide bonds. The van der Waals surface area contributed by atoms with Crippen LogP contribution < -0.4 is 11.2 Å². The van der Waals surface area contributed by atoms with Crippen LogP contribution in [0.25, 0.3) is 0 Å². The molecule has 1 aliphatic heterocycles. The van der Waals surface area contributed by atoms with E-state index >= 15 is 0 Å². The summed E-state index contributed by atoms with van der Waals surface area (Å²) in [6.45, 7) is 4.17. The van der Waals surface area contributed by atoms with Crippen LogP contribution in [0.2, 0.25) is 0 Å². The van der Waals surface area contributed by atoms with Crippen LogP contribution in [-0.4, -0.2) is 48.1 Å². The van der Waals surface area contributed by atoms with Gasteiger partial charge in [0.1, 0.15) is 5.82 Å². The van der Waals surface area contributed by atoms with E-state index in [1.54, 1.807) is 12.3 Å². The van der Waals surface area contributed by atoms with Crippen molar-refractivity contribution in [2.75, 3.05) is 44.4 Å². The SMILES string of the molecule is CN1CCN(Nc2cc(N)ccn2)CC1. The molecule has 5 heteroatoms. The summed E-state index contributed by atoms with van der Waals surface area (Å²) in [5.74, 6) is 0.819. The van der Waals surface area contributed by atoms with Crippen LogP contribution in [0, 0.1) is 0 Å². The summed E-state index contributed by atoms with van der Waals surface area (Å²) >= 11 is 0. The van der Waals surface area contributed by atoms with Gasteiger partial charge in [-0.25, -0.2) is 9.99 Å². The lowest BCUT2D eigenvalue weighted by molar-refractivity contribution is 0.178. The van der Waals surface area contributed by atoms with Gasteiger partial charge in [-0.1, -0.05) is 0 Å². The zero-order valence-electron chi connectivity index (χ0n) is 8.98. The Balaban J connectivity index is 1.92. The van der Waals surface area contributed by atoms with Gasteiger partial charge in [-0.2, -0.15) is 0 Å². The second kappa shape index (κ2) is 4.46. The van der Waals surface area contributed by atoms with Gasteiger partial charge in [-0.15, -0.1) is 0 Å². The first kappa shape index (κ1) is 10.2. The normalized spacial score (nSPS) is 19.0. The van der Waals surface area contributed by atoms with Gasteiger partial charge in [0.2, 0.25) is 0 Å². The largest absolute Gasteiger partial charge is 0.399 e. The molecule has 0 aliphatic carbocycles. The van der Waals surface area contributed by atoms with Crippen molar-refractivity contribution in [3.8, 4) is 0 Å². The van der Waals surface area contributed by atoms with Gasteiger partial charge < -0.3 is 16.1 Å². The van der Waals surface area contributed by atoms with Crippen LogP contribution >= 0.6 is 0 Å². The first-order valence-electron chi connectivity index (χ1n) is 5.16. The number of hydrazine groups is 1. The third kappa shape index (κ3) is 2.81. The zero-order chi connectivity index (χ0) is 10.7. The number of hydrogen-bond acceptors (Lipinski definition) is 5. The molecular formula is C10H17N5. The van der Waals surface area contributed by atoms with Crippen molar-refractivity contribution in [3.63, 3.8) is 0 Å². The fraction of sp³-hybridized carbons (Fsp3) is 0.500. The summed E-state index contributed by atoms with van der Waals surface area (Å²) in [6.07, 6.45) is 1.72. The zero-order valence-corrected chi connectivity index (χ0v) is 8.98. The van der Waals surface area contributed by atoms with Gasteiger partial charge in [0.05, 0.1) is 0 Å². The number of pyridine rings is 1. The summed E-state index contributed by atoms with van der Waals surface area (Å²) in [6, 6.07) is 3.63. The van der Waals surface area contributed by atoms with Crippen molar-refractivity contribution in [2.45, 2.75) is 0 Å². The lowest BCUT2D eigenvalue weighted by atomic mass is 10.4. The second-order valence-corrected chi connectivity index (χ2v) is 3.88. The topological polar surface area (TPSA) is 57.4 Å². The van der Waals surface area contributed by atoms with Crippen molar-refractivity contribution in [2.24, 2.45) is 0 Å². The van der Waals surface area contributed by atoms with E-state index in [0.29, 0.717) is 0 Å². The predicted octanol–water partition coefficient (Wildman–Crippen LogP) is 0.238. The first-order valence-corrected chi connectivity index (χ1v) is 5.16. The Labute approximate surface area is 89.8 Å². The number of rotatable bonds is 2. The molecule has 1 fully saturated rings. The number of likely N-dealkylation sites (N-methyl/N-ethyl adjacent to an activating group) is 1. The van der Waals surface area contributed by atoms with Crippen molar-refractivity contribution in [3.05, 3.63) is 18.3 Å². The highest BCUT2D eigenvalue weighted by Gasteiger charge is 2.13. The molecule has 15 heavy (non-hydrogen) atoms. The van der Waals surface area contributed by atoms with Crippen molar-refractivity contribution in [1.29, 1.82) is 0 Å². The van der Waals surface area contributed by atoms with Gasteiger partial charge in [0, 0.05) is 44.1 Å². The van der Waals surface area contributed by atoms with E-state index in [1.165, 1.54) is 0 Å². The van der Waals surface area contributed by atoms with Crippen molar-refractivity contribution < 1.29 is 0 Å². The third-order valence-electron chi connectivity index (χ3n) is 2.56. The summed E-state index contributed by atoms with van der Waals surface area (Å²) < 4.78 is 0. The molecule has 0 bridgehead atoms. The Morgan fingerprint density at radius 1 is 1.33 bits per heavy atom. The van der Waals surface area contributed by atoms with Gasteiger partial charge in [-0.3, -0.25) is 0 Å². The Morgan fingerprint density at radius 3 is 2.73 bits per heavy atom. The molecule has 5 nitrogen and oxygen atoms in total. The molecule has 1 aromatic rings. The summed E-state index contributed by atoms with van der Waals surface area (Å²) in [5, 5.41) is 2.17. The van der Waals surface area contributed by atoms with Crippen LogP contribution in [0.1, 0.15) is 0 Å². The number of nitrogens with two attached hydrogens (primary N) is 1. The fourth-order valence-corrected chi connectivity index (χ4v) is 1.59. The standard InChI is InChI=1S/C10H17N5/c1-14-4-6-15(7-5-14)13-10-8-9(11)2-3-12-10/h2-3,8H,4-7H2,1H3,(H3,11,12,13). The summed E-state index contributed by atoms with van der Waals surface area (Å²) in [5.41, 5.74) is 9.67. The smallest absolute Gasteiger partial charge is 0.142 e. The van der Waals surface area contributed by atoms with Gasteiger partial charge in [0.25, 0.3) is 0 Å². The van der Waals surface area contributed by atoms with Crippen LogP contribution in [-0.2, 0) is 0 Å². The van der Waals surface area contributed by atoms with E-state index in [9.17, 15) is 0 Å². The molecule has 3 N–H and O–H groups in total. The number of aromatic nitrogens is 1. The van der Waals surface area contributed by atoms with Gasteiger partial charge in [-0.05, 0) is 13.1 Å². The van der Waals surface area contributed by atoms with Crippen LogP contribution in [0.4, 0.5) is 11.5 Å². The number of piperazine rings is 1. The number of anilines is 2. The minimum Gasteiger partial charge on any atom is -0.399 e. The Kier molecular flexibility index (Phi) is 3.03. The number of nitrogen functional groups attached to an aromatic ring is 1. The Bertz CT molecular complexity index is 319. The third-order valence-corrected chi connectivity index (χ3v) is 2.56. The average molecular weight is 207 g/mol. The predicted molar refractivity (Wildman–Crippen MR) is 61.3 cm³/mol. The lowest BCUT2D eigenvalue weighted by Gasteiger charge is -2.32. The van der Waals surface area contributed by atoms with E-state index in [1.807, 2.05) is 6.07 Å². The molecule has 0 aromatic carbocycles. The minimum absolute atomic E-state index is 0.738. The maximum Gasteiger partial charge on any atom is 0.142 e. The molecule has 0 atom stereocenters. The molecule has 2 rings (SSSR count). The molecule has 1 aliphatic rings. The lowest BCUT2D eigenvalue weighted by Crippen LogP contribution is -2.47. The molecule has 0 radical (unpaired) electrons. The van der Waals surface area contributed by atoms with Crippen molar-refractivity contribution >= 4 is 11.5 Å². The molecular weight excluding hydrogens is 190 g/mol. The van der Waals surface area contributed by atoms with E-state index in [0.717, 1.165) is 37.7 Å². The second-order valence-electron chi connectivity index (χ2n) is 3.88. The van der Waals surface area contributed by atoms with E-state index in [4.69, 9.17) is 5.73 Å². The number of nitrogens with one attached hydrogen (secondary N) is 1. The van der Waals surface area contributed by atoms with Gasteiger partial charge >= 0.3 is 0 Å². The highest BCUT2D eigenvalue weighted by molar-refractivity contribution is 5.47. The molecule has 0 saturated carbocycles. The monoisotopic (exact) mass is 207 g/mol. The quantitative estimate of drug-likeness (QED) is 0.727. The maximum atomic E-state index is 5.68. The number of hydrogen-bond donors (Lipinski definition) is 2. The number of nitrogens with zero attached hydrogens (tertiary/aromatic N) is 3. The Hall–Kier alpha value is -1.33. The highest BCUT2D eigenvalue weighted by Crippen LogP contribution is 2.09. The van der Waals surface area contributed by atoms with Crippen LogP contribution in [0.15, 0.2) is 18.3 Å². The molecule has 2 heterocycles. The average Bonchev–Trinajstić information content (AvgIpc) is 2.22. The maximum absolute atomic E-state index is 5.68. The molecule has 1 aromatic heterocycles. The van der Waals surface area contributed by atoms with Crippen molar-refractivity contribution in [1.82, 2.24) is 14.9 Å². The van der Waals surface area contributed by atoms with E-state index in [-0.39, 0.29) is 0 Å². The van der Waals surface area contributed by atoms with Crippen LogP contribution in [0.3, 0.4) is 0 Å². The minimum atomic E-state index is 0.738. The molecule has 82 valence electrons.